The molecular weight excluding hydrogens is 182 g/mol. The molecule has 2 aromatic carbocycles. The molecule has 2 N–H and O–H groups in total. The van der Waals surface area contributed by atoms with Crippen molar-refractivity contribution in [2.24, 2.45) is 0 Å². The number of rotatable bonds is 1. The fourth-order valence-electron chi connectivity index (χ4n) is 2.31. The van der Waals surface area contributed by atoms with Crippen LogP contribution >= 0.6 is 0 Å². The van der Waals surface area contributed by atoms with Crippen LogP contribution in [0.4, 0.5) is 5.69 Å². The van der Waals surface area contributed by atoms with E-state index in [9.17, 15) is 0 Å². The average Bonchev–Trinajstić information content (AvgIpc) is 3.02. The maximum absolute atomic E-state index is 5.97. The molecule has 0 radical (unpaired) electrons. The molecule has 1 aliphatic carbocycles. The topological polar surface area (TPSA) is 26.0 Å². The second kappa shape index (κ2) is 2.99. The zero-order valence-corrected chi connectivity index (χ0v) is 8.96. The number of hydrogen-bond acceptors (Lipinski definition) is 1. The van der Waals surface area contributed by atoms with Gasteiger partial charge in [-0.2, -0.15) is 0 Å². The van der Waals surface area contributed by atoms with Crippen LogP contribution in [0.5, 0.6) is 0 Å². The van der Waals surface area contributed by atoms with Gasteiger partial charge in [0.2, 0.25) is 0 Å². The second-order valence-electron chi connectivity index (χ2n) is 4.55. The van der Waals surface area contributed by atoms with Crippen LogP contribution in [0.2, 0.25) is 0 Å². The number of nitrogens with two attached hydrogens (primary N) is 1. The number of anilines is 1. The van der Waals surface area contributed by atoms with E-state index in [-0.39, 0.29) is 0 Å². The van der Waals surface area contributed by atoms with Crippen LogP contribution in [0.25, 0.3) is 10.8 Å². The molecule has 1 fully saturated rings. The lowest BCUT2D eigenvalue weighted by molar-refractivity contribution is 1.11. The Morgan fingerprint density at radius 3 is 2.73 bits per heavy atom. The molecule has 1 aliphatic rings. The quantitative estimate of drug-likeness (QED) is 0.694. The number of hydrogen-bond donors (Lipinski definition) is 1. The minimum Gasteiger partial charge on any atom is -0.398 e. The van der Waals surface area contributed by atoms with Gasteiger partial charge in [-0.25, -0.2) is 0 Å². The van der Waals surface area contributed by atoms with Crippen LogP contribution in [0.1, 0.15) is 29.9 Å². The molecule has 0 spiro atoms. The fraction of sp³-hybridized carbons (Fsp3) is 0.286. The minimum atomic E-state index is 0.816. The molecule has 0 saturated heterocycles. The lowest BCUT2D eigenvalue weighted by Crippen LogP contribution is -1.90. The lowest BCUT2D eigenvalue weighted by Gasteiger charge is -2.08. The predicted molar refractivity (Wildman–Crippen MR) is 65.1 cm³/mol. The van der Waals surface area contributed by atoms with Crippen molar-refractivity contribution in [3.63, 3.8) is 0 Å². The molecule has 1 nitrogen and oxygen atoms in total. The average molecular weight is 197 g/mol. The molecule has 1 saturated carbocycles. The van der Waals surface area contributed by atoms with Gasteiger partial charge in [0, 0.05) is 11.1 Å². The molecule has 0 aromatic heterocycles. The van der Waals surface area contributed by atoms with Gasteiger partial charge in [0.25, 0.3) is 0 Å². The summed E-state index contributed by atoms with van der Waals surface area (Å²) in [7, 11) is 0. The van der Waals surface area contributed by atoms with Gasteiger partial charge in [0.1, 0.15) is 0 Å². The van der Waals surface area contributed by atoms with E-state index < -0.39 is 0 Å². The van der Waals surface area contributed by atoms with Crippen molar-refractivity contribution in [3.8, 4) is 0 Å². The molecule has 0 bridgehead atoms. The normalized spacial score (nSPS) is 15.8. The Kier molecular flexibility index (Phi) is 1.75. The van der Waals surface area contributed by atoms with Crippen LogP contribution in [0, 0.1) is 6.92 Å². The van der Waals surface area contributed by atoms with Crippen molar-refractivity contribution in [2.45, 2.75) is 25.7 Å². The van der Waals surface area contributed by atoms with E-state index in [0.29, 0.717) is 0 Å². The number of aryl methyl sites for hydroxylation is 1. The van der Waals surface area contributed by atoms with Crippen molar-refractivity contribution >= 4 is 16.5 Å². The number of benzene rings is 2. The second-order valence-corrected chi connectivity index (χ2v) is 4.55. The van der Waals surface area contributed by atoms with Crippen molar-refractivity contribution < 1.29 is 0 Å². The van der Waals surface area contributed by atoms with Crippen LogP contribution in [0.3, 0.4) is 0 Å². The Bertz CT molecular complexity index is 524. The molecule has 1 heteroatoms. The van der Waals surface area contributed by atoms with Gasteiger partial charge in [-0.3, -0.25) is 0 Å². The summed E-state index contributed by atoms with van der Waals surface area (Å²) in [5, 5.41) is 2.47. The van der Waals surface area contributed by atoms with Crippen LogP contribution in [0.15, 0.2) is 30.3 Å². The van der Waals surface area contributed by atoms with E-state index in [2.05, 4.69) is 25.1 Å². The van der Waals surface area contributed by atoms with E-state index in [0.717, 1.165) is 11.6 Å². The van der Waals surface area contributed by atoms with Gasteiger partial charge in [0.05, 0.1) is 0 Å². The first-order chi connectivity index (χ1) is 7.25. The fourth-order valence-corrected chi connectivity index (χ4v) is 2.31. The smallest absolute Gasteiger partial charge is 0.0393 e. The Morgan fingerprint density at radius 1 is 1.20 bits per heavy atom. The summed E-state index contributed by atoms with van der Waals surface area (Å²) in [5.74, 6) is 0.816. The lowest BCUT2D eigenvalue weighted by atomic mass is 9.98. The zero-order chi connectivity index (χ0) is 10.4. The van der Waals surface area contributed by atoms with Crippen LogP contribution in [-0.2, 0) is 0 Å². The van der Waals surface area contributed by atoms with Crippen molar-refractivity contribution in [3.05, 3.63) is 41.5 Å². The van der Waals surface area contributed by atoms with Gasteiger partial charge in [-0.05, 0) is 54.3 Å². The molecule has 0 aliphatic heterocycles. The van der Waals surface area contributed by atoms with E-state index in [1.807, 2.05) is 12.1 Å². The largest absolute Gasteiger partial charge is 0.398 e. The van der Waals surface area contributed by atoms with Gasteiger partial charge in [-0.15, -0.1) is 0 Å². The SMILES string of the molecule is Cc1cc2c(N)cccc2cc1C1CC1. The first-order valence-corrected chi connectivity index (χ1v) is 5.54. The highest BCUT2D eigenvalue weighted by Crippen LogP contribution is 2.43. The molecular formula is C14H15N. The number of fused-ring (bicyclic) bond motifs is 1. The predicted octanol–water partition coefficient (Wildman–Crippen LogP) is 3.61. The van der Waals surface area contributed by atoms with Gasteiger partial charge >= 0.3 is 0 Å². The standard InChI is InChI=1S/C14H15N/c1-9-7-13-11(3-2-4-14(13)15)8-12(9)10-5-6-10/h2-4,7-8,10H,5-6,15H2,1H3. The van der Waals surface area contributed by atoms with Gasteiger partial charge < -0.3 is 5.73 Å². The van der Waals surface area contributed by atoms with E-state index in [1.54, 1.807) is 0 Å². The Hall–Kier alpha value is -1.50. The highest BCUT2D eigenvalue weighted by Gasteiger charge is 2.25. The Balaban J connectivity index is 2.29. The Morgan fingerprint density at radius 2 is 2.00 bits per heavy atom. The number of nitrogen functional groups attached to an aromatic ring is 1. The zero-order valence-electron chi connectivity index (χ0n) is 8.96. The van der Waals surface area contributed by atoms with Crippen LogP contribution < -0.4 is 5.73 Å². The first-order valence-electron chi connectivity index (χ1n) is 5.54. The van der Waals surface area contributed by atoms with E-state index >= 15 is 0 Å². The highest BCUT2D eigenvalue weighted by atomic mass is 14.5. The van der Waals surface area contributed by atoms with Crippen molar-refractivity contribution in [2.75, 3.05) is 5.73 Å². The molecule has 2 aromatic rings. The van der Waals surface area contributed by atoms with E-state index in [1.165, 1.54) is 34.7 Å². The summed E-state index contributed by atoms with van der Waals surface area (Å²) >= 11 is 0. The van der Waals surface area contributed by atoms with E-state index in [4.69, 9.17) is 5.73 Å². The molecule has 15 heavy (non-hydrogen) atoms. The molecule has 0 unspecified atom stereocenters. The van der Waals surface area contributed by atoms with Gasteiger partial charge in [0.15, 0.2) is 0 Å². The van der Waals surface area contributed by atoms with Crippen molar-refractivity contribution in [1.82, 2.24) is 0 Å². The van der Waals surface area contributed by atoms with Gasteiger partial charge in [-0.1, -0.05) is 18.2 Å². The summed E-state index contributed by atoms with van der Waals surface area (Å²) < 4.78 is 0. The third kappa shape index (κ3) is 1.39. The molecule has 3 rings (SSSR count). The molecule has 0 heterocycles. The summed E-state index contributed by atoms with van der Waals surface area (Å²) in [6, 6.07) is 10.7. The summed E-state index contributed by atoms with van der Waals surface area (Å²) in [6.45, 7) is 2.19. The summed E-state index contributed by atoms with van der Waals surface area (Å²) in [6.07, 6.45) is 2.71. The monoisotopic (exact) mass is 197 g/mol. The summed E-state index contributed by atoms with van der Waals surface area (Å²) in [4.78, 5) is 0. The Labute approximate surface area is 89.9 Å². The maximum atomic E-state index is 5.97. The molecule has 0 atom stereocenters. The highest BCUT2D eigenvalue weighted by molar-refractivity contribution is 5.94. The molecule has 0 amide bonds. The van der Waals surface area contributed by atoms with Crippen LogP contribution in [-0.4, -0.2) is 0 Å². The summed E-state index contributed by atoms with van der Waals surface area (Å²) in [5.41, 5.74) is 9.77. The maximum Gasteiger partial charge on any atom is 0.0393 e. The third-order valence-electron chi connectivity index (χ3n) is 3.32. The minimum absolute atomic E-state index is 0.816. The van der Waals surface area contributed by atoms with Crippen molar-refractivity contribution in [1.29, 1.82) is 0 Å². The first kappa shape index (κ1) is 8.78. The third-order valence-corrected chi connectivity index (χ3v) is 3.32. The molecule has 76 valence electrons.